The van der Waals surface area contributed by atoms with Gasteiger partial charge >= 0.3 is 12.1 Å². The molecule has 1 aromatic carbocycles. The van der Waals surface area contributed by atoms with Crippen LogP contribution in [0.25, 0.3) is 0 Å². The first kappa shape index (κ1) is 19.9. The number of amides is 1. The van der Waals surface area contributed by atoms with E-state index in [4.69, 9.17) is 5.11 Å². The first-order valence-corrected chi connectivity index (χ1v) is 8.53. The van der Waals surface area contributed by atoms with Gasteiger partial charge in [0.15, 0.2) is 0 Å². The summed E-state index contributed by atoms with van der Waals surface area (Å²) in [4.78, 5) is 27.3. The normalized spacial score (nSPS) is 13.9. The van der Waals surface area contributed by atoms with E-state index in [0.717, 1.165) is 11.3 Å². The Hall–Kier alpha value is -2.42. The van der Waals surface area contributed by atoms with Gasteiger partial charge in [-0.15, -0.1) is 11.3 Å². The molecular weight excluding hydrogens is 369 g/mol. The van der Waals surface area contributed by atoms with Crippen LogP contribution in [0.3, 0.4) is 0 Å². The molecule has 0 aliphatic rings. The van der Waals surface area contributed by atoms with Gasteiger partial charge in [-0.25, -0.2) is 9.78 Å². The highest BCUT2D eigenvalue weighted by atomic mass is 32.1. The van der Waals surface area contributed by atoms with E-state index in [0.29, 0.717) is 10.7 Å². The van der Waals surface area contributed by atoms with Crippen LogP contribution in [0.5, 0.6) is 0 Å². The second kappa shape index (κ2) is 7.86. The quantitative estimate of drug-likeness (QED) is 0.785. The van der Waals surface area contributed by atoms with E-state index in [1.165, 1.54) is 31.2 Å². The fourth-order valence-electron chi connectivity index (χ4n) is 2.46. The molecule has 0 fully saturated rings. The minimum absolute atomic E-state index is 0.0149. The highest BCUT2D eigenvalue weighted by Gasteiger charge is 2.42. The van der Waals surface area contributed by atoms with E-state index in [-0.39, 0.29) is 10.4 Å². The first-order chi connectivity index (χ1) is 12.1. The van der Waals surface area contributed by atoms with Gasteiger partial charge in [0.25, 0.3) is 0 Å². The summed E-state index contributed by atoms with van der Waals surface area (Å²) in [6.07, 6.45) is -5.32. The van der Waals surface area contributed by atoms with Crippen LogP contribution in [0, 0.1) is 6.92 Å². The Kier molecular flexibility index (Phi) is 6.01. The summed E-state index contributed by atoms with van der Waals surface area (Å²) in [5, 5.41) is 11.8. The van der Waals surface area contributed by atoms with E-state index in [2.05, 4.69) is 10.3 Å². The van der Waals surface area contributed by atoms with Crippen molar-refractivity contribution in [3.8, 4) is 0 Å². The average Bonchev–Trinajstić information content (AvgIpc) is 2.94. The highest BCUT2D eigenvalue weighted by Crippen LogP contribution is 2.37. The van der Waals surface area contributed by atoms with E-state index < -0.39 is 36.4 Å². The molecule has 1 aromatic heterocycles. The number of halogens is 3. The summed E-state index contributed by atoms with van der Waals surface area (Å²) in [5.74, 6) is -3.83. The van der Waals surface area contributed by atoms with Gasteiger partial charge in [-0.3, -0.25) is 4.79 Å². The van der Waals surface area contributed by atoms with E-state index in [1.54, 1.807) is 13.0 Å². The zero-order valence-corrected chi connectivity index (χ0v) is 14.8. The molecule has 140 valence electrons. The Balaban J connectivity index is 2.10. The van der Waals surface area contributed by atoms with E-state index in [1.807, 2.05) is 0 Å². The van der Waals surface area contributed by atoms with Crippen LogP contribution in [0.1, 0.15) is 51.2 Å². The summed E-state index contributed by atoms with van der Waals surface area (Å²) in [6.45, 7) is 3.07. The molecule has 0 saturated heterocycles. The van der Waals surface area contributed by atoms with Gasteiger partial charge in [0.1, 0.15) is 9.88 Å². The molecule has 0 saturated carbocycles. The van der Waals surface area contributed by atoms with Crippen molar-refractivity contribution in [1.29, 1.82) is 0 Å². The van der Waals surface area contributed by atoms with Crippen LogP contribution >= 0.6 is 11.3 Å². The molecule has 2 unspecified atom stereocenters. The molecule has 2 rings (SSSR count). The maximum Gasteiger partial charge on any atom is 0.396 e. The second-order valence-electron chi connectivity index (χ2n) is 5.77. The molecule has 0 radical (unpaired) electrons. The van der Waals surface area contributed by atoms with Gasteiger partial charge in [0, 0.05) is 6.42 Å². The topological polar surface area (TPSA) is 79.3 Å². The Morgan fingerprint density at radius 1 is 1.27 bits per heavy atom. The SMILES string of the molecule is Cc1nc(C(C)NC(=O)CC(c2ccccc2)C(F)(F)F)sc1C(=O)O. The first-order valence-electron chi connectivity index (χ1n) is 7.71. The van der Waals surface area contributed by atoms with Crippen LogP contribution in [0.2, 0.25) is 0 Å². The van der Waals surface area contributed by atoms with Crippen molar-refractivity contribution < 1.29 is 27.9 Å². The second-order valence-corrected chi connectivity index (χ2v) is 6.80. The number of alkyl halides is 3. The van der Waals surface area contributed by atoms with Crippen LogP contribution in [0.15, 0.2) is 30.3 Å². The Morgan fingerprint density at radius 3 is 2.38 bits per heavy atom. The van der Waals surface area contributed by atoms with Gasteiger partial charge in [0.05, 0.1) is 17.7 Å². The number of benzene rings is 1. The van der Waals surface area contributed by atoms with Crippen LogP contribution in [-0.2, 0) is 4.79 Å². The van der Waals surface area contributed by atoms with Gasteiger partial charge in [0.2, 0.25) is 5.91 Å². The van der Waals surface area contributed by atoms with Crippen molar-refractivity contribution in [3.63, 3.8) is 0 Å². The third kappa shape index (κ3) is 4.81. The van der Waals surface area contributed by atoms with Gasteiger partial charge in [-0.1, -0.05) is 30.3 Å². The van der Waals surface area contributed by atoms with Crippen molar-refractivity contribution in [2.45, 2.75) is 38.4 Å². The smallest absolute Gasteiger partial charge is 0.396 e. The molecule has 26 heavy (non-hydrogen) atoms. The predicted molar refractivity (Wildman–Crippen MR) is 90.2 cm³/mol. The lowest BCUT2D eigenvalue weighted by Crippen LogP contribution is -2.32. The third-order valence-corrected chi connectivity index (χ3v) is 5.07. The van der Waals surface area contributed by atoms with E-state index >= 15 is 0 Å². The minimum atomic E-state index is -4.56. The van der Waals surface area contributed by atoms with Crippen molar-refractivity contribution in [2.24, 2.45) is 0 Å². The summed E-state index contributed by atoms with van der Waals surface area (Å²) < 4.78 is 39.9. The highest BCUT2D eigenvalue weighted by molar-refractivity contribution is 7.13. The Labute approximate surface area is 151 Å². The molecular formula is C17H17F3N2O3S. The van der Waals surface area contributed by atoms with Gasteiger partial charge in [-0.05, 0) is 19.4 Å². The Bertz CT molecular complexity index is 790. The predicted octanol–water partition coefficient (Wildman–Crippen LogP) is 4.06. The lowest BCUT2D eigenvalue weighted by atomic mass is 9.94. The number of carbonyl (C=O) groups is 2. The molecule has 0 spiro atoms. The molecule has 0 aliphatic carbocycles. The number of carboxylic acids is 1. The number of aromatic carboxylic acids is 1. The average molecular weight is 386 g/mol. The molecule has 9 heteroatoms. The minimum Gasteiger partial charge on any atom is -0.477 e. The number of nitrogens with one attached hydrogen (secondary N) is 1. The molecule has 5 nitrogen and oxygen atoms in total. The number of nitrogens with zero attached hydrogens (tertiary/aromatic N) is 1. The molecule has 1 heterocycles. The van der Waals surface area contributed by atoms with Crippen molar-refractivity contribution in [3.05, 3.63) is 51.5 Å². The molecule has 1 amide bonds. The number of aromatic nitrogens is 1. The van der Waals surface area contributed by atoms with Crippen molar-refractivity contribution >= 4 is 23.2 Å². The van der Waals surface area contributed by atoms with E-state index in [9.17, 15) is 22.8 Å². The summed E-state index contributed by atoms with van der Waals surface area (Å²) in [5.41, 5.74) is 0.317. The molecule has 0 bridgehead atoms. The number of carboxylic acid groups (broad SMARTS) is 1. The standard InChI is InChI=1S/C17H17F3N2O3S/c1-9-14(16(24)25)26-15(22-9)10(2)21-13(23)8-12(17(18,19)20)11-6-4-3-5-7-11/h3-7,10,12H,8H2,1-2H3,(H,21,23)(H,24,25). The van der Waals surface area contributed by atoms with Crippen LogP contribution < -0.4 is 5.32 Å². The largest absolute Gasteiger partial charge is 0.477 e. The lowest BCUT2D eigenvalue weighted by Gasteiger charge is -2.21. The monoisotopic (exact) mass is 386 g/mol. The number of rotatable bonds is 6. The van der Waals surface area contributed by atoms with Crippen LogP contribution in [-0.4, -0.2) is 28.1 Å². The van der Waals surface area contributed by atoms with Gasteiger partial charge < -0.3 is 10.4 Å². The summed E-state index contributed by atoms with van der Waals surface area (Å²) in [6, 6.07) is 6.55. The molecule has 2 atom stereocenters. The zero-order valence-electron chi connectivity index (χ0n) is 14.0. The van der Waals surface area contributed by atoms with Crippen LogP contribution in [0.4, 0.5) is 13.2 Å². The number of hydrogen-bond donors (Lipinski definition) is 2. The number of aryl methyl sites for hydroxylation is 1. The third-order valence-electron chi connectivity index (χ3n) is 3.74. The maximum atomic E-state index is 13.3. The van der Waals surface area contributed by atoms with Gasteiger partial charge in [-0.2, -0.15) is 13.2 Å². The summed E-state index contributed by atoms with van der Waals surface area (Å²) >= 11 is 0.891. The van der Waals surface area contributed by atoms with Crippen molar-refractivity contribution in [2.75, 3.05) is 0 Å². The molecule has 0 aliphatic heterocycles. The lowest BCUT2D eigenvalue weighted by molar-refractivity contribution is -0.157. The zero-order chi connectivity index (χ0) is 19.5. The fourth-order valence-corrected chi connectivity index (χ4v) is 3.36. The summed E-state index contributed by atoms with van der Waals surface area (Å²) in [7, 11) is 0. The number of thiazole rings is 1. The number of hydrogen-bond acceptors (Lipinski definition) is 4. The fraction of sp³-hybridized carbons (Fsp3) is 0.353. The molecule has 2 aromatic rings. The number of carbonyl (C=O) groups excluding carboxylic acids is 1. The maximum absolute atomic E-state index is 13.3. The Morgan fingerprint density at radius 2 is 1.88 bits per heavy atom. The molecule has 2 N–H and O–H groups in total. The van der Waals surface area contributed by atoms with Crippen molar-refractivity contribution in [1.82, 2.24) is 10.3 Å².